The van der Waals surface area contributed by atoms with Gasteiger partial charge in [-0.05, 0) is 36.6 Å². The number of unbranched alkanes of at least 4 members (excludes halogenated alkanes) is 1. The molecule has 9 heteroatoms. The van der Waals surface area contributed by atoms with Crippen LogP contribution in [-0.2, 0) is 14.4 Å². The number of hydrogen-bond acceptors (Lipinski definition) is 5. The van der Waals surface area contributed by atoms with Crippen molar-refractivity contribution in [3.63, 3.8) is 0 Å². The van der Waals surface area contributed by atoms with E-state index in [1.165, 1.54) is 16.7 Å². The van der Waals surface area contributed by atoms with E-state index in [0.717, 1.165) is 25.7 Å². The van der Waals surface area contributed by atoms with E-state index < -0.39 is 0 Å². The van der Waals surface area contributed by atoms with Gasteiger partial charge in [-0.2, -0.15) is 0 Å². The lowest BCUT2D eigenvalue weighted by Crippen LogP contribution is -2.36. The van der Waals surface area contributed by atoms with Crippen LogP contribution in [0.2, 0.25) is 5.02 Å². The molecule has 2 aliphatic rings. The summed E-state index contributed by atoms with van der Waals surface area (Å²) in [5.74, 6) is -0.620. The fourth-order valence-corrected chi connectivity index (χ4v) is 5.99. The Bertz CT molecular complexity index is 1250. The molecule has 0 saturated carbocycles. The number of carbonyl (C=O) groups excluding carboxylic acids is 3. The van der Waals surface area contributed by atoms with Crippen LogP contribution in [0.3, 0.4) is 0 Å². The van der Waals surface area contributed by atoms with E-state index in [2.05, 4.69) is 19.2 Å². The van der Waals surface area contributed by atoms with Gasteiger partial charge in [0, 0.05) is 22.8 Å². The third kappa shape index (κ3) is 5.51. The summed E-state index contributed by atoms with van der Waals surface area (Å²) in [7, 11) is 0. The Kier molecular flexibility index (Phi) is 8.49. The molecule has 6 nitrogen and oxygen atoms in total. The number of rotatable bonds is 9. The molecule has 1 fully saturated rings. The molecule has 3 amide bonds. The minimum atomic E-state index is -0.379. The highest BCUT2D eigenvalue weighted by molar-refractivity contribution is 8.26. The van der Waals surface area contributed by atoms with Crippen molar-refractivity contribution in [3.8, 4) is 0 Å². The Hall–Kier alpha value is -2.68. The zero-order valence-corrected chi connectivity index (χ0v) is 22.6. The first-order valence-corrected chi connectivity index (χ1v) is 13.7. The number of halogens is 1. The van der Waals surface area contributed by atoms with Crippen LogP contribution in [0, 0.1) is 5.92 Å². The molecule has 0 unspecified atom stereocenters. The molecule has 1 atom stereocenters. The van der Waals surface area contributed by atoms with Gasteiger partial charge >= 0.3 is 0 Å². The van der Waals surface area contributed by atoms with Gasteiger partial charge in [-0.15, -0.1) is 0 Å². The Labute approximate surface area is 226 Å². The third-order valence-corrected chi connectivity index (χ3v) is 8.08. The van der Waals surface area contributed by atoms with Gasteiger partial charge in [0.15, 0.2) is 0 Å². The lowest BCUT2D eigenvalue weighted by Gasteiger charge is -2.21. The molecule has 36 heavy (non-hydrogen) atoms. The van der Waals surface area contributed by atoms with Crippen molar-refractivity contribution in [1.82, 2.24) is 4.90 Å². The minimum absolute atomic E-state index is 0.193. The fraction of sp³-hybridized carbons (Fsp3) is 0.333. The van der Waals surface area contributed by atoms with Crippen molar-refractivity contribution in [2.45, 2.75) is 39.5 Å². The second-order valence-corrected chi connectivity index (χ2v) is 11.0. The maximum atomic E-state index is 13.6. The van der Waals surface area contributed by atoms with Gasteiger partial charge in [-0.3, -0.25) is 24.2 Å². The first-order valence-electron chi connectivity index (χ1n) is 12.1. The fourth-order valence-electron chi connectivity index (χ4n) is 4.45. The molecule has 1 N–H and O–H groups in total. The zero-order chi connectivity index (χ0) is 25.8. The quantitative estimate of drug-likeness (QED) is 0.306. The van der Waals surface area contributed by atoms with Crippen molar-refractivity contribution < 1.29 is 14.4 Å². The number of fused-ring (bicyclic) bond motifs is 1. The Morgan fingerprint density at radius 3 is 2.58 bits per heavy atom. The van der Waals surface area contributed by atoms with Crippen molar-refractivity contribution in [1.29, 1.82) is 0 Å². The molecule has 2 heterocycles. The summed E-state index contributed by atoms with van der Waals surface area (Å²) in [4.78, 5) is 43.3. The molecular formula is C27H28ClN3O3S2. The van der Waals surface area contributed by atoms with E-state index in [1.54, 1.807) is 41.3 Å². The van der Waals surface area contributed by atoms with Crippen LogP contribution in [0.4, 0.5) is 11.4 Å². The minimum Gasteiger partial charge on any atom is -0.324 e. The number of carbonyl (C=O) groups is 3. The second-order valence-electron chi connectivity index (χ2n) is 8.87. The van der Waals surface area contributed by atoms with Crippen molar-refractivity contribution in [3.05, 3.63) is 64.0 Å². The number of hydrogen-bond donors (Lipinski definition) is 1. The summed E-state index contributed by atoms with van der Waals surface area (Å²) >= 11 is 12.7. The first kappa shape index (κ1) is 26.4. The van der Waals surface area contributed by atoms with Gasteiger partial charge in [0.25, 0.3) is 11.8 Å². The van der Waals surface area contributed by atoms with E-state index in [9.17, 15) is 14.4 Å². The van der Waals surface area contributed by atoms with Gasteiger partial charge in [0.1, 0.15) is 10.9 Å². The van der Waals surface area contributed by atoms with E-state index in [-0.39, 0.29) is 24.3 Å². The molecule has 188 valence electrons. The average Bonchev–Trinajstić information content (AvgIpc) is 3.28. The average molecular weight is 542 g/mol. The normalized spacial score (nSPS) is 18.1. The Morgan fingerprint density at radius 2 is 1.86 bits per heavy atom. The molecule has 2 aromatic rings. The predicted octanol–water partition coefficient (Wildman–Crippen LogP) is 6.11. The maximum absolute atomic E-state index is 13.6. The van der Waals surface area contributed by atoms with Crippen molar-refractivity contribution in [2.75, 3.05) is 23.3 Å². The highest BCUT2D eigenvalue weighted by Gasteiger charge is 2.42. The number of anilines is 2. The second kappa shape index (κ2) is 11.6. The summed E-state index contributed by atoms with van der Waals surface area (Å²) in [5.41, 5.74) is 2.08. The maximum Gasteiger partial charge on any atom is 0.267 e. The highest BCUT2D eigenvalue weighted by Crippen LogP contribution is 2.44. The van der Waals surface area contributed by atoms with Crippen LogP contribution >= 0.6 is 35.6 Å². The van der Waals surface area contributed by atoms with Crippen LogP contribution in [0.15, 0.2) is 53.4 Å². The molecule has 0 radical (unpaired) electrons. The van der Waals surface area contributed by atoms with Crippen LogP contribution in [0.5, 0.6) is 0 Å². The topological polar surface area (TPSA) is 69.7 Å². The zero-order valence-electron chi connectivity index (χ0n) is 20.3. The lowest BCUT2D eigenvalue weighted by atomic mass is 9.98. The van der Waals surface area contributed by atoms with Gasteiger partial charge in [0.2, 0.25) is 5.91 Å². The lowest BCUT2D eigenvalue weighted by molar-refractivity contribution is -0.123. The summed E-state index contributed by atoms with van der Waals surface area (Å²) in [6.07, 6.45) is 4.20. The molecule has 4 rings (SSSR count). The summed E-state index contributed by atoms with van der Waals surface area (Å²) < 4.78 is 0.472. The predicted molar refractivity (Wildman–Crippen MR) is 151 cm³/mol. The standard InChI is InChI=1S/C27H28ClN3O3S2/c1-3-5-9-17(4-2)15-31-26(34)24(36-27(31)35)23-20-12-6-7-13-21(20)30(25(23)33)16-22(32)29-19-11-8-10-18(28)14-19/h6-8,10-14,17H,3-5,9,15-16H2,1-2H3,(H,29,32)/b24-23-/t17-/m1/s1. The molecule has 0 aliphatic carbocycles. The molecule has 1 saturated heterocycles. The molecule has 0 spiro atoms. The van der Waals surface area contributed by atoms with Crippen molar-refractivity contribution >= 4 is 74.6 Å². The largest absolute Gasteiger partial charge is 0.324 e. The van der Waals surface area contributed by atoms with E-state index in [1.807, 2.05) is 12.1 Å². The van der Waals surface area contributed by atoms with Crippen LogP contribution in [0.25, 0.3) is 5.57 Å². The number of thioether (sulfide) groups is 1. The number of nitrogens with zero attached hydrogens (tertiary/aromatic N) is 2. The number of thiocarbonyl (C=S) groups is 1. The van der Waals surface area contributed by atoms with Gasteiger partial charge < -0.3 is 5.32 Å². The van der Waals surface area contributed by atoms with Gasteiger partial charge in [-0.1, -0.05) is 93.0 Å². The SMILES string of the molecule is CCCC[C@@H](CC)CN1C(=O)/C(=C2/C(=O)N(CC(=O)Nc3cccc(Cl)c3)c3ccccc32)SC1=S. The number of benzene rings is 2. The molecular weight excluding hydrogens is 514 g/mol. The van der Waals surface area contributed by atoms with Crippen LogP contribution < -0.4 is 10.2 Å². The van der Waals surface area contributed by atoms with Gasteiger partial charge in [0.05, 0.1) is 16.2 Å². The van der Waals surface area contributed by atoms with Crippen LogP contribution in [-0.4, -0.2) is 40.0 Å². The summed E-state index contributed by atoms with van der Waals surface area (Å²) in [6.45, 7) is 4.64. The Morgan fingerprint density at radius 1 is 1.08 bits per heavy atom. The number of amides is 3. The smallest absolute Gasteiger partial charge is 0.267 e. The molecule has 0 bridgehead atoms. The van der Waals surface area contributed by atoms with E-state index >= 15 is 0 Å². The Balaban J connectivity index is 1.59. The van der Waals surface area contributed by atoms with E-state index in [0.29, 0.717) is 49.2 Å². The van der Waals surface area contributed by atoms with Gasteiger partial charge in [-0.25, -0.2) is 0 Å². The summed E-state index contributed by atoms with van der Waals surface area (Å²) in [5, 5.41) is 3.28. The van der Waals surface area contributed by atoms with Crippen LogP contribution in [0.1, 0.15) is 45.1 Å². The highest BCUT2D eigenvalue weighted by atomic mass is 35.5. The monoisotopic (exact) mass is 541 g/mol. The first-order chi connectivity index (χ1) is 17.3. The number of nitrogens with one attached hydrogen (secondary N) is 1. The van der Waals surface area contributed by atoms with E-state index in [4.69, 9.17) is 23.8 Å². The molecule has 2 aromatic carbocycles. The third-order valence-electron chi connectivity index (χ3n) is 6.39. The van der Waals surface area contributed by atoms with Crippen molar-refractivity contribution in [2.24, 2.45) is 5.92 Å². The molecule has 0 aromatic heterocycles. The summed E-state index contributed by atoms with van der Waals surface area (Å²) in [6, 6.07) is 14.0. The molecule has 2 aliphatic heterocycles. The number of para-hydroxylation sites is 1.